The Morgan fingerprint density at radius 3 is 2.48 bits per heavy atom. The molecule has 0 aromatic heterocycles. The molecule has 8 heteroatoms. The lowest BCUT2D eigenvalue weighted by Crippen LogP contribution is -2.13. The van der Waals surface area contributed by atoms with E-state index in [-0.39, 0.29) is 16.1 Å². The van der Waals surface area contributed by atoms with Gasteiger partial charge in [0.05, 0.1) is 16.1 Å². The van der Waals surface area contributed by atoms with E-state index in [0.29, 0.717) is 9.50 Å². The van der Waals surface area contributed by atoms with Crippen molar-refractivity contribution in [2.75, 3.05) is 4.72 Å². The fourth-order valence-electron chi connectivity index (χ4n) is 1.57. The van der Waals surface area contributed by atoms with Gasteiger partial charge in [-0.05, 0) is 52.3 Å². The monoisotopic (exact) mass is 389 g/mol. The second-order valence-corrected chi connectivity index (χ2v) is 7.04. The van der Waals surface area contributed by atoms with Gasteiger partial charge in [-0.1, -0.05) is 17.7 Å². The normalized spacial score (nSPS) is 11.1. The van der Waals surface area contributed by atoms with Gasteiger partial charge in [-0.15, -0.1) is 0 Å². The standard InChI is InChI=1S/C13H9BrClNO4S/c14-11-6-8(13(17)18)4-5-12(11)16-21(19,20)10-3-1-2-9(15)7-10/h1-7,16H,(H,17,18). The highest BCUT2D eigenvalue weighted by Crippen LogP contribution is 2.27. The van der Waals surface area contributed by atoms with E-state index >= 15 is 0 Å². The molecule has 0 radical (unpaired) electrons. The largest absolute Gasteiger partial charge is 0.478 e. The van der Waals surface area contributed by atoms with E-state index in [2.05, 4.69) is 20.7 Å². The summed E-state index contributed by atoms with van der Waals surface area (Å²) in [5, 5.41) is 9.17. The zero-order valence-electron chi connectivity index (χ0n) is 10.4. The minimum Gasteiger partial charge on any atom is -0.478 e. The van der Waals surface area contributed by atoms with Crippen LogP contribution in [0, 0.1) is 0 Å². The van der Waals surface area contributed by atoms with Crippen molar-refractivity contribution in [1.82, 2.24) is 0 Å². The molecule has 0 unspecified atom stereocenters. The van der Waals surface area contributed by atoms with Gasteiger partial charge < -0.3 is 5.11 Å². The SMILES string of the molecule is O=C(O)c1ccc(NS(=O)(=O)c2cccc(Cl)c2)c(Br)c1. The summed E-state index contributed by atoms with van der Waals surface area (Å²) in [4.78, 5) is 10.9. The van der Waals surface area contributed by atoms with E-state index in [1.165, 1.54) is 36.4 Å². The molecule has 5 nitrogen and oxygen atoms in total. The zero-order chi connectivity index (χ0) is 15.6. The van der Waals surface area contributed by atoms with Crippen molar-refractivity contribution in [3.05, 3.63) is 57.5 Å². The number of carboxylic acid groups (broad SMARTS) is 1. The zero-order valence-corrected chi connectivity index (χ0v) is 13.5. The maximum atomic E-state index is 12.2. The van der Waals surface area contributed by atoms with E-state index in [0.717, 1.165) is 0 Å². The van der Waals surface area contributed by atoms with Crippen molar-refractivity contribution < 1.29 is 18.3 Å². The molecule has 0 saturated carbocycles. The van der Waals surface area contributed by atoms with Crippen molar-refractivity contribution in [3.8, 4) is 0 Å². The maximum absolute atomic E-state index is 12.2. The molecule has 0 spiro atoms. The third-order valence-electron chi connectivity index (χ3n) is 2.57. The Morgan fingerprint density at radius 2 is 1.90 bits per heavy atom. The lowest BCUT2D eigenvalue weighted by molar-refractivity contribution is 0.0697. The van der Waals surface area contributed by atoms with Gasteiger partial charge >= 0.3 is 5.97 Å². The van der Waals surface area contributed by atoms with Crippen LogP contribution in [0.15, 0.2) is 51.8 Å². The third-order valence-corrected chi connectivity index (χ3v) is 4.82. The number of hydrogen-bond donors (Lipinski definition) is 2. The van der Waals surface area contributed by atoms with E-state index in [9.17, 15) is 13.2 Å². The summed E-state index contributed by atoms with van der Waals surface area (Å²) >= 11 is 8.91. The quantitative estimate of drug-likeness (QED) is 0.835. The Morgan fingerprint density at radius 1 is 1.19 bits per heavy atom. The van der Waals surface area contributed by atoms with Crippen LogP contribution in [0.25, 0.3) is 0 Å². The number of halogens is 2. The number of carboxylic acids is 1. The average Bonchev–Trinajstić information content (AvgIpc) is 2.40. The average molecular weight is 391 g/mol. The smallest absolute Gasteiger partial charge is 0.335 e. The molecular weight excluding hydrogens is 382 g/mol. The third kappa shape index (κ3) is 3.75. The van der Waals surface area contributed by atoms with Gasteiger partial charge in [0.15, 0.2) is 0 Å². The second-order valence-electron chi connectivity index (χ2n) is 4.06. The minimum absolute atomic E-state index is 0.0178. The molecule has 0 atom stereocenters. The van der Waals surface area contributed by atoms with Gasteiger partial charge in [-0.25, -0.2) is 13.2 Å². The number of rotatable bonds is 4. The Balaban J connectivity index is 2.35. The molecule has 21 heavy (non-hydrogen) atoms. The van der Waals surface area contributed by atoms with Crippen LogP contribution in [0.5, 0.6) is 0 Å². The molecule has 0 amide bonds. The number of nitrogens with one attached hydrogen (secondary N) is 1. The van der Waals surface area contributed by atoms with Crippen molar-refractivity contribution in [3.63, 3.8) is 0 Å². The Bertz CT molecular complexity index is 808. The molecule has 0 aliphatic carbocycles. The number of benzene rings is 2. The molecule has 0 saturated heterocycles. The molecular formula is C13H9BrClNO4S. The number of anilines is 1. The number of aromatic carboxylic acids is 1. The summed E-state index contributed by atoms with van der Waals surface area (Å²) in [6.07, 6.45) is 0. The molecule has 2 N–H and O–H groups in total. The molecule has 0 bridgehead atoms. The molecule has 2 aromatic carbocycles. The topological polar surface area (TPSA) is 83.5 Å². The number of hydrogen-bond acceptors (Lipinski definition) is 3. The van der Waals surface area contributed by atoms with Crippen LogP contribution in [-0.4, -0.2) is 19.5 Å². The predicted molar refractivity (Wildman–Crippen MR) is 83.4 cm³/mol. The summed E-state index contributed by atoms with van der Waals surface area (Å²) in [5.74, 6) is -1.10. The summed E-state index contributed by atoms with van der Waals surface area (Å²) in [6, 6.07) is 9.82. The summed E-state index contributed by atoms with van der Waals surface area (Å²) < 4.78 is 27.1. The van der Waals surface area contributed by atoms with Crippen LogP contribution >= 0.6 is 27.5 Å². The van der Waals surface area contributed by atoms with Crippen LogP contribution in [0.3, 0.4) is 0 Å². The van der Waals surface area contributed by atoms with E-state index < -0.39 is 16.0 Å². The van der Waals surface area contributed by atoms with Gasteiger partial charge in [0.2, 0.25) is 0 Å². The first-order valence-electron chi connectivity index (χ1n) is 5.61. The lowest BCUT2D eigenvalue weighted by Gasteiger charge is -2.10. The van der Waals surface area contributed by atoms with Crippen LogP contribution in [0.4, 0.5) is 5.69 Å². The van der Waals surface area contributed by atoms with Crippen molar-refractivity contribution in [2.24, 2.45) is 0 Å². The molecule has 0 heterocycles. The van der Waals surface area contributed by atoms with Gasteiger partial charge in [-0.2, -0.15) is 0 Å². The van der Waals surface area contributed by atoms with Crippen molar-refractivity contribution in [1.29, 1.82) is 0 Å². The van der Waals surface area contributed by atoms with Gasteiger partial charge in [0.1, 0.15) is 0 Å². The first-order chi connectivity index (χ1) is 9.79. The van der Waals surface area contributed by atoms with E-state index in [1.807, 2.05) is 0 Å². The molecule has 0 aliphatic rings. The van der Waals surface area contributed by atoms with Gasteiger partial charge in [0, 0.05) is 9.50 Å². The fourth-order valence-corrected chi connectivity index (χ4v) is 3.56. The number of sulfonamides is 1. The van der Waals surface area contributed by atoms with Crippen molar-refractivity contribution >= 4 is 49.2 Å². The number of carbonyl (C=O) groups is 1. The maximum Gasteiger partial charge on any atom is 0.335 e. The first-order valence-corrected chi connectivity index (χ1v) is 8.26. The molecule has 2 aromatic rings. The Hall–Kier alpha value is -1.57. The molecule has 0 fully saturated rings. The molecule has 110 valence electrons. The van der Waals surface area contributed by atoms with Crippen LogP contribution in [0.1, 0.15) is 10.4 Å². The van der Waals surface area contributed by atoms with Crippen molar-refractivity contribution in [2.45, 2.75) is 4.90 Å². The second kappa shape index (κ2) is 6.05. The first kappa shape index (κ1) is 15.8. The molecule has 2 rings (SSSR count). The predicted octanol–water partition coefficient (Wildman–Crippen LogP) is 3.60. The summed E-state index contributed by atoms with van der Waals surface area (Å²) in [5.41, 5.74) is 0.285. The highest BCUT2D eigenvalue weighted by Gasteiger charge is 2.16. The minimum atomic E-state index is -3.80. The van der Waals surface area contributed by atoms with Crippen LogP contribution < -0.4 is 4.72 Å². The van der Waals surface area contributed by atoms with E-state index in [4.69, 9.17) is 16.7 Å². The highest BCUT2D eigenvalue weighted by molar-refractivity contribution is 9.10. The summed E-state index contributed by atoms with van der Waals surface area (Å²) in [6.45, 7) is 0. The lowest BCUT2D eigenvalue weighted by atomic mass is 10.2. The summed E-state index contributed by atoms with van der Waals surface area (Å²) in [7, 11) is -3.80. The molecule has 0 aliphatic heterocycles. The Kier molecular flexibility index (Phi) is 4.55. The van der Waals surface area contributed by atoms with E-state index in [1.54, 1.807) is 6.07 Å². The van der Waals surface area contributed by atoms with Gasteiger partial charge in [-0.3, -0.25) is 4.72 Å². The Labute approximate surface area is 134 Å². The fraction of sp³-hybridized carbons (Fsp3) is 0. The van der Waals surface area contributed by atoms with Gasteiger partial charge in [0.25, 0.3) is 10.0 Å². The highest BCUT2D eigenvalue weighted by atomic mass is 79.9. The van der Waals surface area contributed by atoms with Crippen LogP contribution in [0.2, 0.25) is 5.02 Å². The van der Waals surface area contributed by atoms with Crippen LogP contribution in [-0.2, 0) is 10.0 Å².